The topological polar surface area (TPSA) is 66.4 Å². The molecule has 0 bridgehead atoms. The molecule has 4 nitrogen and oxygen atoms in total. The average Bonchev–Trinajstić information content (AvgIpc) is 2.41. The van der Waals surface area contributed by atoms with Crippen molar-refractivity contribution in [2.45, 2.75) is 39.0 Å². The minimum atomic E-state index is -1.01. The van der Waals surface area contributed by atoms with E-state index in [0.717, 1.165) is 31.2 Å². The largest absolute Gasteiger partial charge is 0.478 e. The zero-order chi connectivity index (χ0) is 13.8. The number of aromatic carboxylic acids is 1. The fourth-order valence-electron chi connectivity index (χ4n) is 2.60. The Morgan fingerprint density at radius 2 is 1.89 bits per heavy atom. The van der Waals surface area contributed by atoms with E-state index in [1.165, 1.54) is 12.5 Å². The van der Waals surface area contributed by atoms with Crippen molar-refractivity contribution in [1.29, 1.82) is 0 Å². The molecule has 2 N–H and O–H groups in total. The number of benzene rings is 1. The van der Waals surface area contributed by atoms with Gasteiger partial charge in [-0.3, -0.25) is 4.79 Å². The van der Waals surface area contributed by atoms with Gasteiger partial charge in [0.2, 0.25) is 5.91 Å². The van der Waals surface area contributed by atoms with Crippen LogP contribution in [0.15, 0.2) is 18.2 Å². The molecule has 4 heteroatoms. The SMILES string of the molecule is Cc1cccc(C(=O)O)c1NC(=O)C1CCCCC1. The summed E-state index contributed by atoms with van der Waals surface area (Å²) < 4.78 is 0. The van der Waals surface area contributed by atoms with Gasteiger partial charge in [0.05, 0.1) is 11.3 Å². The number of aryl methyl sites for hydroxylation is 1. The number of anilines is 1. The second kappa shape index (κ2) is 5.87. The lowest BCUT2D eigenvalue weighted by Gasteiger charge is -2.21. The van der Waals surface area contributed by atoms with E-state index in [9.17, 15) is 9.59 Å². The molecule has 1 aromatic rings. The van der Waals surface area contributed by atoms with Gasteiger partial charge in [0.1, 0.15) is 0 Å². The van der Waals surface area contributed by atoms with Crippen LogP contribution in [0.25, 0.3) is 0 Å². The fourth-order valence-corrected chi connectivity index (χ4v) is 2.60. The molecule has 102 valence electrons. The van der Waals surface area contributed by atoms with Crippen LogP contribution in [0.2, 0.25) is 0 Å². The highest BCUT2D eigenvalue weighted by atomic mass is 16.4. The van der Waals surface area contributed by atoms with Crippen molar-refractivity contribution in [2.24, 2.45) is 5.92 Å². The number of carbonyl (C=O) groups is 2. The number of nitrogens with one attached hydrogen (secondary N) is 1. The van der Waals surface area contributed by atoms with Crippen LogP contribution in [0.1, 0.15) is 48.0 Å². The lowest BCUT2D eigenvalue weighted by molar-refractivity contribution is -0.120. The molecule has 1 aromatic carbocycles. The van der Waals surface area contributed by atoms with Crippen LogP contribution in [0.4, 0.5) is 5.69 Å². The quantitative estimate of drug-likeness (QED) is 0.878. The van der Waals surface area contributed by atoms with Crippen LogP contribution >= 0.6 is 0 Å². The zero-order valence-corrected chi connectivity index (χ0v) is 11.1. The maximum Gasteiger partial charge on any atom is 0.337 e. The number of carbonyl (C=O) groups excluding carboxylic acids is 1. The molecule has 0 aromatic heterocycles. The number of carboxylic acid groups (broad SMARTS) is 1. The summed E-state index contributed by atoms with van der Waals surface area (Å²) in [7, 11) is 0. The average molecular weight is 261 g/mol. The maximum absolute atomic E-state index is 12.2. The molecular formula is C15H19NO3. The third kappa shape index (κ3) is 3.13. The molecule has 19 heavy (non-hydrogen) atoms. The first-order valence-corrected chi connectivity index (χ1v) is 6.73. The number of hydrogen-bond acceptors (Lipinski definition) is 2. The number of rotatable bonds is 3. The van der Waals surface area contributed by atoms with Crippen molar-refractivity contribution in [1.82, 2.24) is 0 Å². The van der Waals surface area contributed by atoms with E-state index in [1.807, 2.05) is 13.0 Å². The molecule has 0 spiro atoms. The third-order valence-corrected chi connectivity index (χ3v) is 3.73. The lowest BCUT2D eigenvalue weighted by Crippen LogP contribution is -2.26. The number of carboxylic acids is 1. The van der Waals surface area contributed by atoms with Crippen molar-refractivity contribution in [2.75, 3.05) is 5.32 Å². The van der Waals surface area contributed by atoms with E-state index in [2.05, 4.69) is 5.32 Å². The maximum atomic E-state index is 12.2. The Kier molecular flexibility index (Phi) is 4.20. The predicted molar refractivity (Wildman–Crippen MR) is 73.3 cm³/mol. The first kappa shape index (κ1) is 13.6. The molecule has 1 saturated carbocycles. The van der Waals surface area contributed by atoms with Gasteiger partial charge in [-0.05, 0) is 31.4 Å². The molecule has 1 fully saturated rings. The number of amides is 1. The highest BCUT2D eigenvalue weighted by molar-refractivity contribution is 6.02. The molecule has 0 radical (unpaired) electrons. The van der Waals surface area contributed by atoms with Gasteiger partial charge in [0.15, 0.2) is 0 Å². The normalized spacial score (nSPS) is 16.1. The Morgan fingerprint density at radius 3 is 2.53 bits per heavy atom. The standard InChI is InChI=1S/C15H19NO3/c1-10-6-5-9-12(15(18)19)13(10)16-14(17)11-7-3-2-4-8-11/h5-6,9,11H,2-4,7-8H2,1H3,(H,16,17)(H,18,19). The predicted octanol–water partition coefficient (Wildman–Crippen LogP) is 3.21. The molecule has 1 aliphatic carbocycles. The summed E-state index contributed by atoms with van der Waals surface area (Å²) in [5.74, 6) is -1.03. The minimum absolute atomic E-state index is 0.0231. The molecule has 0 atom stereocenters. The minimum Gasteiger partial charge on any atom is -0.478 e. The summed E-state index contributed by atoms with van der Waals surface area (Å²) in [5.41, 5.74) is 1.37. The van der Waals surface area contributed by atoms with Gasteiger partial charge < -0.3 is 10.4 Å². The Labute approximate surface area is 112 Å². The van der Waals surface area contributed by atoms with Gasteiger partial charge in [0.25, 0.3) is 0 Å². The van der Waals surface area contributed by atoms with E-state index in [-0.39, 0.29) is 17.4 Å². The van der Waals surface area contributed by atoms with Crippen molar-refractivity contribution < 1.29 is 14.7 Å². The summed E-state index contributed by atoms with van der Waals surface area (Å²) in [6.45, 7) is 1.81. The van der Waals surface area contributed by atoms with Crippen LogP contribution in [0, 0.1) is 12.8 Å². The van der Waals surface area contributed by atoms with Crippen LogP contribution in [-0.4, -0.2) is 17.0 Å². The monoisotopic (exact) mass is 261 g/mol. The van der Waals surface area contributed by atoms with E-state index >= 15 is 0 Å². The lowest BCUT2D eigenvalue weighted by atomic mass is 9.88. The molecule has 1 amide bonds. The first-order valence-electron chi connectivity index (χ1n) is 6.73. The highest BCUT2D eigenvalue weighted by Gasteiger charge is 2.23. The van der Waals surface area contributed by atoms with Gasteiger partial charge in [0, 0.05) is 5.92 Å². The summed E-state index contributed by atoms with van der Waals surface area (Å²) in [5, 5.41) is 12.0. The molecule has 1 aliphatic rings. The third-order valence-electron chi connectivity index (χ3n) is 3.73. The van der Waals surface area contributed by atoms with E-state index in [0.29, 0.717) is 5.69 Å². The summed E-state index contributed by atoms with van der Waals surface area (Å²) in [6, 6.07) is 5.02. The second-order valence-corrected chi connectivity index (χ2v) is 5.13. The van der Waals surface area contributed by atoms with Crippen molar-refractivity contribution in [3.8, 4) is 0 Å². The number of para-hydroxylation sites is 1. The van der Waals surface area contributed by atoms with Crippen molar-refractivity contribution in [3.05, 3.63) is 29.3 Å². The Hall–Kier alpha value is -1.84. The van der Waals surface area contributed by atoms with E-state index in [4.69, 9.17) is 5.11 Å². The van der Waals surface area contributed by atoms with Gasteiger partial charge >= 0.3 is 5.97 Å². The highest BCUT2D eigenvalue weighted by Crippen LogP contribution is 2.27. The van der Waals surface area contributed by atoms with Crippen molar-refractivity contribution >= 4 is 17.6 Å². The van der Waals surface area contributed by atoms with Gasteiger partial charge in [-0.1, -0.05) is 31.4 Å². The van der Waals surface area contributed by atoms with Crippen LogP contribution < -0.4 is 5.32 Å². The zero-order valence-electron chi connectivity index (χ0n) is 11.1. The fraction of sp³-hybridized carbons (Fsp3) is 0.467. The molecule has 0 aliphatic heterocycles. The molecule has 2 rings (SSSR count). The van der Waals surface area contributed by atoms with Gasteiger partial charge in [-0.15, -0.1) is 0 Å². The Balaban J connectivity index is 2.18. The van der Waals surface area contributed by atoms with Crippen LogP contribution in [-0.2, 0) is 4.79 Å². The molecular weight excluding hydrogens is 242 g/mol. The smallest absolute Gasteiger partial charge is 0.337 e. The van der Waals surface area contributed by atoms with E-state index in [1.54, 1.807) is 6.07 Å². The number of hydrogen-bond donors (Lipinski definition) is 2. The Bertz CT molecular complexity index is 490. The Morgan fingerprint density at radius 1 is 1.21 bits per heavy atom. The second-order valence-electron chi connectivity index (χ2n) is 5.13. The van der Waals surface area contributed by atoms with Crippen LogP contribution in [0.5, 0.6) is 0 Å². The summed E-state index contributed by atoms with van der Waals surface area (Å²) in [6.07, 6.45) is 5.16. The summed E-state index contributed by atoms with van der Waals surface area (Å²) >= 11 is 0. The van der Waals surface area contributed by atoms with E-state index < -0.39 is 5.97 Å². The van der Waals surface area contributed by atoms with Gasteiger partial charge in [-0.25, -0.2) is 4.79 Å². The molecule has 0 unspecified atom stereocenters. The van der Waals surface area contributed by atoms with Crippen molar-refractivity contribution in [3.63, 3.8) is 0 Å². The first-order chi connectivity index (χ1) is 9.09. The summed E-state index contributed by atoms with van der Waals surface area (Å²) in [4.78, 5) is 23.4. The van der Waals surface area contributed by atoms with Crippen LogP contribution in [0.3, 0.4) is 0 Å². The molecule has 0 heterocycles. The molecule has 0 saturated heterocycles. The van der Waals surface area contributed by atoms with Gasteiger partial charge in [-0.2, -0.15) is 0 Å².